The summed E-state index contributed by atoms with van der Waals surface area (Å²) in [5, 5.41) is 7.19. The van der Waals surface area contributed by atoms with Crippen LogP contribution in [0.4, 0.5) is 13.2 Å². The molecule has 1 aromatic carbocycles. The second-order valence-corrected chi connectivity index (χ2v) is 6.16. The molecule has 1 aliphatic rings. The van der Waals surface area contributed by atoms with E-state index in [-0.39, 0.29) is 5.91 Å². The lowest BCUT2D eigenvalue weighted by Gasteiger charge is -2.22. The van der Waals surface area contributed by atoms with Gasteiger partial charge in [-0.3, -0.25) is 9.48 Å². The van der Waals surface area contributed by atoms with Gasteiger partial charge in [0.1, 0.15) is 6.54 Å². The van der Waals surface area contributed by atoms with E-state index in [1.54, 1.807) is 24.3 Å². The van der Waals surface area contributed by atoms with Crippen LogP contribution in [0.2, 0.25) is 5.02 Å². The zero-order valence-electron chi connectivity index (χ0n) is 12.6. The second kappa shape index (κ2) is 6.47. The molecule has 3 rings (SSSR count). The van der Waals surface area contributed by atoms with Gasteiger partial charge in [-0.15, -0.1) is 0 Å². The molecule has 0 aliphatic heterocycles. The normalized spacial score (nSPS) is 17.4. The number of hydrogen-bond acceptors (Lipinski definition) is 2. The molecule has 0 bridgehead atoms. The monoisotopic (exact) mass is 357 g/mol. The van der Waals surface area contributed by atoms with E-state index in [1.165, 1.54) is 6.20 Å². The molecule has 1 heterocycles. The average Bonchev–Trinajstić information content (AvgIpc) is 2.88. The molecule has 24 heavy (non-hydrogen) atoms. The molecule has 1 N–H and O–H groups in total. The topological polar surface area (TPSA) is 46.9 Å². The fraction of sp³-hybridized carbons (Fsp3) is 0.375. The van der Waals surface area contributed by atoms with Gasteiger partial charge in [0.15, 0.2) is 0 Å². The molecule has 1 aliphatic carbocycles. The fourth-order valence-electron chi connectivity index (χ4n) is 2.88. The van der Waals surface area contributed by atoms with E-state index < -0.39 is 18.8 Å². The molecule has 0 saturated carbocycles. The average molecular weight is 358 g/mol. The van der Waals surface area contributed by atoms with Crippen molar-refractivity contribution in [1.82, 2.24) is 15.1 Å². The van der Waals surface area contributed by atoms with Crippen LogP contribution < -0.4 is 5.32 Å². The van der Waals surface area contributed by atoms with Crippen molar-refractivity contribution in [3.8, 4) is 0 Å². The standard InChI is InChI=1S/C16H15ClF3N3O/c17-12-6-2-1-5-11(12)15(24)21-13-7-3-4-10-8-23(22-14(10)13)9-16(18,19)20/h1-2,5-6,8,13H,3-4,7,9H2,(H,21,24). The molecule has 1 amide bonds. The number of rotatable bonds is 3. The summed E-state index contributed by atoms with van der Waals surface area (Å²) in [7, 11) is 0. The number of carbonyl (C=O) groups is 1. The molecule has 0 saturated heterocycles. The van der Waals surface area contributed by atoms with Crippen LogP contribution >= 0.6 is 11.6 Å². The number of nitrogens with one attached hydrogen (secondary N) is 1. The zero-order chi connectivity index (χ0) is 17.3. The number of nitrogens with zero attached hydrogens (tertiary/aromatic N) is 2. The fourth-order valence-corrected chi connectivity index (χ4v) is 3.11. The summed E-state index contributed by atoms with van der Waals surface area (Å²) < 4.78 is 38.5. The quantitative estimate of drug-likeness (QED) is 0.905. The number of alkyl halides is 3. The predicted octanol–water partition coefficient (Wildman–Crippen LogP) is 3.91. The smallest absolute Gasteiger partial charge is 0.344 e. The molecule has 2 aromatic rings. The van der Waals surface area contributed by atoms with E-state index in [1.807, 2.05) is 0 Å². The van der Waals surface area contributed by atoms with Gasteiger partial charge >= 0.3 is 6.18 Å². The Morgan fingerprint density at radius 2 is 2.12 bits per heavy atom. The van der Waals surface area contributed by atoms with Gasteiger partial charge in [0.2, 0.25) is 0 Å². The third kappa shape index (κ3) is 3.72. The van der Waals surface area contributed by atoms with Crippen molar-refractivity contribution in [3.05, 3.63) is 52.3 Å². The Morgan fingerprint density at radius 1 is 1.38 bits per heavy atom. The van der Waals surface area contributed by atoms with Crippen LogP contribution in [-0.2, 0) is 13.0 Å². The highest BCUT2D eigenvalue weighted by molar-refractivity contribution is 6.33. The van der Waals surface area contributed by atoms with Gasteiger partial charge < -0.3 is 5.32 Å². The lowest BCUT2D eigenvalue weighted by molar-refractivity contribution is -0.142. The van der Waals surface area contributed by atoms with Crippen molar-refractivity contribution in [2.75, 3.05) is 0 Å². The van der Waals surface area contributed by atoms with Crippen LogP contribution in [0, 0.1) is 0 Å². The first-order valence-electron chi connectivity index (χ1n) is 7.52. The third-order valence-corrected chi connectivity index (χ3v) is 4.23. The SMILES string of the molecule is O=C(NC1CCCc2cn(CC(F)(F)F)nc21)c1ccccc1Cl. The molecule has 0 radical (unpaired) electrons. The van der Waals surface area contributed by atoms with Gasteiger partial charge in [0.25, 0.3) is 5.91 Å². The van der Waals surface area contributed by atoms with Crippen molar-refractivity contribution in [3.63, 3.8) is 0 Å². The minimum absolute atomic E-state index is 0.327. The number of amides is 1. The molecule has 128 valence electrons. The van der Waals surface area contributed by atoms with Crippen molar-refractivity contribution in [2.24, 2.45) is 0 Å². The first-order valence-corrected chi connectivity index (χ1v) is 7.89. The Kier molecular flexibility index (Phi) is 4.54. The summed E-state index contributed by atoms with van der Waals surface area (Å²) in [5.74, 6) is -0.358. The Labute approximate surface area is 141 Å². The van der Waals surface area contributed by atoms with Crippen molar-refractivity contribution in [2.45, 2.75) is 38.0 Å². The maximum Gasteiger partial charge on any atom is 0.408 e. The summed E-state index contributed by atoms with van der Waals surface area (Å²) in [5.41, 5.74) is 1.59. The Bertz CT molecular complexity index is 757. The second-order valence-electron chi connectivity index (χ2n) is 5.75. The third-order valence-electron chi connectivity index (χ3n) is 3.90. The highest BCUT2D eigenvalue weighted by Crippen LogP contribution is 2.30. The highest BCUT2D eigenvalue weighted by atomic mass is 35.5. The molecular weight excluding hydrogens is 343 g/mol. The Hall–Kier alpha value is -2.02. The summed E-state index contributed by atoms with van der Waals surface area (Å²) >= 11 is 6.01. The van der Waals surface area contributed by atoms with Gasteiger partial charge in [-0.25, -0.2) is 0 Å². The van der Waals surface area contributed by atoms with Crippen molar-refractivity contribution >= 4 is 17.5 Å². The number of benzene rings is 1. The zero-order valence-corrected chi connectivity index (χ0v) is 13.4. The molecule has 1 atom stereocenters. The molecule has 1 unspecified atom stereocenters. The van der Waals surface area contributed by atoms with E-state index in [9.17, 15) is 18.0 Å². The first-order chi connectivity index (χ1) is 11.3. The molecule has 4 nitrogen and oxygen atoms in total. The van der Waals surface area contributed by atoms with Crippen LogP contribution in [0.5, 0.6) is 0 Å². The lowest BCUT2D eigenvalue weighted by Crippen LogP contribution is -2.31. The summed E-state index contributed by atoms with van der Waals surface area (Å²) in [4.78, 5) is 12.4. The highest BCUT2D eigenvalue weighted by Gasteiger charge is 2.31. The number of carbonyl (C=O) groups excluding carboxylic acids is 1. The van der Waals surface area contributed by atoms with Gasteiger partial charge in [0.05, 0.1) is 22.3 Å². The summed E-state index contributed by atoms with van der Waals surface area (Å²) in [6, 6.07) is 6.22. The number of fused-ring (bicyclic) bond motifs is 1. The minimum atomic E-state index is -4.33. The Morgan fingerprint density at radius 3 is 2.83 bits per heavy atom. The van der Waals surface area contributed by atoms with E-state index in [4.69, 9.17) is 11.6 Å². The van der Waals surface area contributed by atoms with Gasteiger partial charge in [-0.2, -0.15) is 18.3 Å². The number of halogens is 4. The predicted molar refractivity (Wildman–Crippen MR) is 82.9 cm³/mol. The van der Waals surface area contributed by atoms with E-state index >= 15 is 0 Å². The largest absolute Gasteiger partial charge is 0.408 e. The summed E-state index contributed by atoms with van der Waals surface area (Å²) in [6.07, 6.45) is -0.850. The molecular formula is C16H15ClF3N3O. The van der Waals surface area contributed by atoms with Crippen LogP contribution in [0.15, 0.2) is 30.5 Å². The van der Waals surface area contributed by atoms with Gasteiger partial charge in [-0.05, 0) is 37.0 Å². The minimum Gasteiger partial charge on any atom is -0.344 e. The summed E-state index contributed by atoms with van der Waals surface area (Å²) in [6.45, 7) is -1.13. The van der Waals surface area contributed by atoms with E-state index in [0.717, 1.165) is 16.7 Å². The number of aromatic nitrogens is 2. The maximum atomic E-state index is 12.5. The van der Waals surface area contributed by atoms with E-state index in [2.05, 4.69) is 10.4 Å². The number of aryl methyl sites for hydroxylation is 1. The van der Waals surface area contributed by atoms with Crippen LogP contribution in [0.25, 0.3) is 0 Å². The lowest BCUT2D eigenvalue weighted by atomic mass is 9.93. The van der Waals surface area contributed by atoms with Gasteiger partial charge in [-0.1, -0.05) is 23.7 Å². The molecule has 0 fully saturated rings. The molecule has 1 aromatic heterocycles. The van der Waals surface area contributed by atoms with Crippen molar-refractivity contribution in [1.29, 1.82) is 0 Å². The van der Waals surface area contributed by atoms with E-state index in [0.29, 0.717) is 29.1 Å². The van der Waals surface area contributed by atoms with Crippen LogP contribution in [-0.4, -0.2) is 21.9 Å². The Balaban J connectivity index is 1.80. The molecule has 8 heteroatoms. The number of hydrogen-bond donors (Lipinski definition) is 1. The molecule has 0 spiro atoms. The first kappa shape index (κ1) is 16.8. The van der Waals surface area contributed by atoms with Crippen molar-refractivity contribution < 1.29 is 18.0 Å². The van der Waals surface area contributed by atoms with Crippen LogP contribution in [0.3, 0.4) is 0 Å². The van der Waals surface area contributed by atoms with Crippen LogP contribution in [0.1, 0.15) is 40.5 Å². The van der Waals surface area contributed by atoms with Gasteiger partial charge in [0, 0.05) is 6.20 Å². The maximum absolute atomic E-state index is 12.5.